The Balaban J connectivity index is 1.70. The average Bonchev–Trinajstić information content (AvgIpc) is 3.00. The number of nitrogens with one attached hydrogen (secondary N) is 3. The van der Waals surface area contributed by atoms with E-state index in [1.165, 1.54) is 18.6 Å². The lowest BCUT2D eigenvalue weighted by Gasteiger charge is -2.14. The molecule has 8 heteroatoms. The largest absolute Gasteiger partial charge is 0.339 e. The van der Waals surface area contributed by atoms with Gasteiger partial charge in [0.05, 0.1) is 17.4 Å². The van der Waals surface area contributed by atoms with E-state index in [0.717, 1.165) is 0 Å². The first-order valence-electron chi connectivity index (χ1n) is 8.15. The third-order valence-corrected chi connectivity index (χ3v) is 4.09. The molecule has 0 bridgehead atoms. The highest BCUT2D eigenvalue weighted by atomic mass is 19.1. The summed E-state index contributed by atoms with van der Waals surface area (Å²) in [5.41, 5.74) is 1.25. The maximum absolute atomic E-state index is 14.4. The first-order valence-corrected chi connectivity index (χ1v) is 8.15. The number of benzene rings is 2. The number of hydrogen-bond acceptors (Lipinski definition) is 5. The quantitative estimate of drug-likeness (QED) is 0.619. The zero-order valence-electron chi connectivity index (χ0n) is 13.9. The van der Waals surface area contributed by atoms with Gasteiger partial charge in [-0.25, -0.2) is 9.37 Å². The van der Waals surface area contributed by atoms with E-state index in [4.69, 9.17) is 0 Å². The minimum absolute atomic E-state index is 0.0840. The molecule has 2 heterocycles. The summed E-state index contributed by atoms with van der Waals surface area (Å²) in [4.78, 5) is 32.7. The van der Waals surface area contributed by atoms with Crippen LogP contribution in [0.4, 0.5) is 21.6 Å². The fourth-order valence-corrected chi connectivity index (χ4v) is 2.89. The normalized spacial score (nSPS) is 15.0. The maximum Gasteiger partial charge on any atom is 0.256 e. The number of hydrogen-bond donors (Lipinski definition) is 3. The molecular weight excluding hydrogens is 349 g/mol. The Bertz CT molecular complexity index is 1010. The average molecular weight is 363 g/mol. The number of halogens is 1. The highest BCUT2D eigenvalue weighted by Gasteiger charge is 2.34. The molecule has 2 aromatic carbocycles. The summed E-state index contributed by atoms with van der Waals surface area (Å²) in [5, 5.41) is 7.86. The summed E-state index contributed by atoms with van der Waals surface area (Å²) < 4.78 is 14.4. The van der Waals surface area contributed by atoms with E-state index in [1.54, 1.807) is 42.5 Å². The van der Waals surface area contributed by atoms with Crippen LogP contribution in [0.15, 0.2) is 61.1 Å². The zero-order valence-corrected chi connectivity index (χ0v) is 13.9. The van der Waals surface area contributed by atoms with E-state index in [9.17, 15) is 14.0 Å². The smallest absolute Gasteiger partial charge is 0.256 e. The first-order chi connectivity index (χ1) is 13.1. The fraction of sp³-hybridized carbons (Fsp3) is 0.0526. The van der Waals surface area contributed by atoms with Crippen molar-refractivity contribution >= 4 is 29.0 Å². The number of nitrogens with zero attached hydrogens (tertiary/aromatic N) is 2. The van der Waals surface area contributed by atoms with Crippen LogP contribution in [0.2, 0.25) is 0 Å². The van der Waals surface area contributed by atoms with Gasteiger partial charge in [-0.05, 0) is 24.3 Å². The Hall–Kier alpha value is -3.81. The number of anilines is 3. The van der Waals surface area contributed by atoms with E-state index in [-0.39, 0.29) is 22.7 Å². The van der Waals surface area contributed by atoms with Crippen molar-refractivity contribution in [2.45, 2.75) is 6.30 Å². The molecule has 0 spiro atoms. The van der Waals surface area contributed by atoms with E-state index in [0.29, 0.717) is 17.1 Å². The van der Waals surface area contributed by atoms with Gasteiger partial charge in [0, 0.05) is 29.2 Å². The Labute approximate surface area is 153 Å². The summed E-state index contributed by atoms with van der Waals surface area (Å²) in [6.45, 7) is 0. The van der Waals surface area contributed by atoms with Gasteiger partial charge >= 0.3 is 0 Å². The molecule has 0 saturated heterocycles. The van der Waals surface area contributed by atoms with Gasteiger partial charge in [0.15, 0.2) is 0 Å². The van der Waals surface area contributed by atoms with Crippen LogP contribution < -0.4 is 16.0 Å². The van der Waals surface area contributed by atoms with E-state index >= 15 is 0 Å². The van der Waals surface area contributed by atoms with Crippen molar-refractivity contribution in [3.8, 4) is 0 Å². The molecule has 27 heavy (non-hydrogen) atoms. The monoisotopic (exact) mass is 363 g/mol. The number of fused-ring (bicyclic) bond motifs is 1. The van der Waals surface area contributed by atoms with Crippen molar-refractivity contribution in [1.82, 2.24) is 15.3 Å². The molecule has 0 saturated carbocycles. The van der Waals surface area contributed by atoms with Crippen LogP contribution in [0.1, 0.15) is 32.6 Å². The van der Waals surface area contributed by atoms with Crippen LogP contribution in [-0.4, -0.2) is 21.8 Å². The summed E-state index contributed by atoms with van der Waals surface area (Å²) in [5.74, 6) is -0.571. The molecule has 134 valence electrons. The van der Waals surface area contributed by atoms with Gasteiger partial charge in [0.25, 0.3) is 11.8 Å². The van der Waals surface area contributed by atoms with Crippen LogP contribution in [0.25, 0.3) is 0 Å². The standard InChI is InChI=1S/C19H14FN5O2/c20-17-15-12(23-14-10-21-8-9-22-14)6-7-13(16(15)19(27)25-17)24-18(26)11-4-2-1-3-5-11/h1-10,17H,(H,22,23)(H,24,26)(H,25,27). The van der Waals surface area contributed by atoms with Crippen LogP contribution in [0, 0.1) is 0 Å². The summed E-state index contributed by atoms with van der Waals surface area (Å²) in [6.07, 6.45) is 2.79. The number of amides is 2. The molecular formula is C19H14FN5O2. The molecule has 1 unspecified atom stereocenters. The Kier molecular flexibility index (Phi) is 4.21. The summed E-state index contributed by atoms with van der Waals surface area (Å²) in [7, 11) is 0. The number of rotatable bonds is 4. The summed E-state index contributed by atoms with van der Waals surface area (Å²) >= 11 is 0. The lowest BCUT2D eigenvalue weighted by molar-refractivity contribution is 0.0929. The number of alkyl halides is 1. The van der Waals surface area contributed by atoms with Gasteiger partial charge in [-0.2, -0.15) is 0 Å². The third kappa shape index (κ3) is 3.20. The Morgan fingerprint density at radius 2 is 1.85 bits per heavy atom. The molecule has 0 aliphatic carbocycles. The van der Waals surface area contributed by atoms with E-state index in [1.807, 2.05) is 0 Å². The van der Waals surface area contributed by atoms with Crippen molar-refractivity contribution in [2.24, 2.45) is 0 Å². The molecule has 1 aliphatic rings. The minimum Gasteiger partial charge on any atom is -0.339 e. The minimum atomic E-state index is -1.69. The molecule has 0 radical (unpaired) electrons. The molecule has 0 fully saturated rings. The Morgan fingerprint density at radius 3 is 2.59 bits per heavy atom. The van der Waals surface area contributed by atoms with Crippen LogP contribution >= 0.6 is 0 Å². The topological polar surface area (TPSA) is 96.0 Å². The molecule has 2 amide bonds. The third-order valence-electron chi connectivity index (χ3n) is 4.09. The van der Waals surface area contributed by atoms with Gasteiger partial charge < -0.3 is 16.0 Å². The van der Waals surface area contributed by atoms with Crippen LogP contribution in [0.5, 0.6) is 0 Å². The second-order valence-corrected chi connectivity index (χ2v) is 5.82. The second-order valence-electron chi connectivity index (χ2n) is 5.82. The van der Waals surface area contributed by atoms with Crippen LogP contribution in [-0.2, 0) is 0 Å². The van der Waals surface area contributed by atoms with E-state index < -0.39 is 12.2 Å². The zero-order chi connectivity index (χ0) is 18.8. The molecule has 3 aromatic rings. The summed E-state index contributed by atoms with van der Waals surface area (Å²) in [6, 6.07) is 11.7. The number of carbonyl (C=O) groups is 2. The van der Waals surface area contributed by atoms with Gasteiger partial charge in [0.1, 0.15) is 5.82 Å². The first kappa shape index (κ1) is 16.6. The van der Waals surface area contributed by atoms with Gasteiger partial charge in [-0.15, -0.1) is 0 Å². The highest BCUT2D eigenvalue weighted by Crippen LogP contribution is 2.38. The van der Waals surface area contributed by atoms with Crippen molar-refractivity contribution < 1.29 is 14.0 Å². The van der Waals surface area contributed by atoms with Crippen molar-refractivity contribution in [3.63, 3.8) is 0 Å². The fourth-order valence-electron chi connectivity index (χ4n) is 2.89. The van der Waals surface area contributed by atoms with Gasteiger partial charge in [-0.1, -0.05) is 18.2 Å². The van der Waals surface area contributed by atoms with E-state index in [2.05, 4.69) is 25.9 Å². The predicted molar refractivity (Wildman–Crippen MR) is 97.5 cm³/mol. The lowest BCUT2D eigenvalue weighted by atomic mass is 10.0. The molecule has 7 nitrogen and oxygen atoms in total. The highest BCUT2D eigenvalue weighted by molar-refractivity contribution is 6.11. The number of carbonyl (C=O) groups excluding carboxylic acids is 2. The maximum atomic E-state index is 14.4. The molecule has 1 aliphatic heterocycles. The van der Waals surface area contributed by atoms with Crippen molar-refractivity contribution in [2.75, 3.05) is 10.6 Å². The van der Waals surface area contributed by atoms with Crippen molar-refractivity contribution in [1.29, 1.82) is 0 Å². The molecule has 3 N–H and O–H groups in total. The molecule has 4 rings (SSSR count). The second kappa shape index (κ2) is 6.83. The number of aromatic nitrogens is 2. The SMILES string of the molecule is O=C(Nc1ccc(Nc2cnccn2)c2c1C(=O)NC2F)c1ccccc1. The molecule has 1 aromatic heterocycles. The van der Waals surface area contributed by atoms with Gasteiger partial charge in [0.2, 0.25) is 6.30 Å². The van der Waals surface area contributed by atoms with Crippen LogP contribution in [0.3, 0.4) is 0 Å². The van der Waals surface area contributed by atoms with Gasteiger partial charge in [-0.3, -0.25) is 14.6 Å². The molecule has 1 atom stereocenters. The lowest BCUT2D eigenvalue weighted by Crippen LogP contribution is -2.18. The van der Waals surface area contributed by atoms with Crippen molar-refractivity contribution in [3.05, 3.63) is 77.7 Å². The predicted octanol–water partition coefficient (Wildman–Crippen LogP) is 3.18. The Morgan fingerprint density at radius 1 is 1.07 bits per heavy atom.